The van der Waals surface area contributed by atoms with Gasteiger partial charge in [0.05, 0.1) is 5.92 Å². The number of rotatable bonds is 4. The van der Waals surface area contributed by atoms with Gasteiger partial charge < -0.3 is 14.9 Å². The van der Waals surface area contributed by atoms with Crippen LogP contribution in [0.1, 0.15) is 44.1 Å². The highest BCUT2D eigenvalue weighted by Gasteiger charge is 2.35. The van der Waals surface area contributed by atoms with Crippen molar-refractivity contribution in [3.8, 4) is 0 Å². The number of carbonyl (C=O) groups is 2. The number of hydrogen-bond donors (Lipinski definition) is 1. The first-order valence-electron chi connectivity index (χ1n) is 10.8. The van der Waals surface area contributed by atoms with Crippen molar-refractivity contribution in [1.82, 2.24) is 9.80 Å². The number of nitrogens with zero attached hydrogens (tertiary/aromatic N) is 2. The summed E-state index contributed by atoms with van der Waals surface area (Å²) in [6.07, 6.45) is 2.53. The lowest BCUT2D eigenvalue weighted by Gasteiger charge is -2.35. The van der Waals surface area contributed by atoms with Crippen molar-refractivity contribution < 1.29 is 14.7 Å². The topological polar surface area (TPSA) is 60.9 Å². The lowest BCUT2D eigenvalue weighted by molar-refractivity contribution is -0.150. The molecule has 0 spiro atoms. The smallest absolute Gasteiger partial charge is 0.252 e. The average molecular weight is 395 g/mol. The van der Waals surface area contributed by atoms with Crippen LogP contribution >= 0.6 is 0 Å². The molecule has 0 aliphatic carbocycles. The summed E-state index contributed by atoms with van der Waals surface area (Å²) in [5, 5.41) is 12.9. The molecule has 0 bridgehead atoms. The lowest BCUT2D eigenvalue weighted by atomic mass is 9.87. The third-order valence-electron chi connectivity index (χ3n) is 6.59. The molecule has 5 heteroatoms. The van der Waals surface area contributed by atoms with E-state index in [2.05, 4.69) is 42.5 Å². The fourth-order valence-corrected chi connectivity index (χ4v) is 4.66. The van der Waals surface area contributed by atoms with Crippen molar-refractivity contribution in [2.45, 2.75) is 44.6 Å². The number of benzene rings is 2. The van der Waals surface area contributed by atoms with E-state index in [1.54, 1.807) is 11.8 Å². The molecule has 0 radical (unpaired) electrons. The van der Waals surface area contributed by atoms with Crippen molar-refractivity contribution in [2.24, 2.45) is 5.92 Å². The Morgan fingerprint density at radius 2 is 1.52 bits per heavy atom. The average Bonchev–Trinajstić information content (AvgIpc) is 3.32. The predicted molar refractivity (Wildman–Crippen MR) is 113 cm³/mol. The third kappa shape index (κ3) is 4.15. The Labute approximate surface area is 172 Å². The first-order valence-corrected chi connectivity index (χ1v) is 10.8. The third-order valence-corrected chi connectivity index (χ3v) is 6.59. The number of amides is 2. The second kappa shape index (κ2) is 8.54. The van der Waals surface area contributed by atoms with Crippen molar-refractivity contribution in [1.29, 1.82) is 0 Å². The lowest BCUT2D eigenvalue weighted by Crippen LogP contribution is -2.48. The van der Waals surface area contributed by atoms with Gasteiger partial charge in [0.15, 0.2) is 0 Å². The fourth-order valence-electron chi connectivity index (χ4n) is 4.66. The summed E-state index contributed by atoms with van der Waals surface area (Å²) in [6.45, 7) is 4.40. The zero-order valence-electron chi connectivity index (χ0n) is 17.1. The molecule has 29 heavy (non-hydrogen) atoms. The molecule has 1 N–H and O–H groups in total. The van der Waals surface area contributed by atoms with E-state index in [1.807, 2.05) is 4.90 Å². The summed E-state index contributed by atoms with van der Waals surface area (Å²) in [7, 11) is 0. The van der Waals surface area contributed by atoms with Gasteiger partial charge in [-0.15, -0.1) is 0 Å². The Morgan fingerprint density at radius 3 is 2.21 bits per heavy atom. The minimum absolute atomic E-state index is 0.109. The van der Waals surface area contributed by atoms with Crippen LogP contribution in [0.3, 0.4) is 0 Å². The molecule has 2 heterocycles. The predicted octanol–water partition coefficient (Wildman–Crippen LogP) is 3.17. The van der Waals surface area contributed by atoms with Crippen LogP contribution in [0.5, 0.6) is 0 Å². The number of likely N-dealkylation sites (tertiary alicyclic amines) is 2. The summed E-state index contributed by atoms with van der Waals surface area (Å²) in [6, 6.07) is 15.0. The van der Waals surface area contributed by atoms with Gasteiger partial charge in [-0.3, -0.25) is 9.59 Å². The quantitative estimate of drug-likeness (QED) is 0.867. The van der Waals surface area contributed by atoms with Crippen LogP contribution in [0.15, 0.2) is 42.5 Å². The van der Waals surface area contributed by atoms with Crippen LogP contribution in [0.2, 0.25) is 0 Å². The van der Waals surface area contributed by atoms with Crippen molar-refractivity contribution in [3.63, 3.8) is 0 Å². The molecule has 2 aliphatic rings. The number of hydrogen-bond acceptors (Lipinski definition) is 3. The molecule has 2 aromatic rings. The SMILES string of the molecule is C[C@@H](C(=O)N1CCC(c2ccc3ccccc3c2)CC1)[C@@H](O)C(=O)N1CCCC1. The van der Waals surface area contributed by atoms with E-state index < -0.39 is 12.0 Å². The van der Waals surface area contributed by atoms with Gasteiger partial charge in [0.2, 0.25) is 5.91 Å². The molecule has 2 fully saturated rings. The maximum Gasteiger partial charge on any atom is 0.252 e. The van der Waals surface area contributed by atoms with Gasteiger partial charge in [0.1, 0.15) is 6.10 Å². The minimum atomic E-state index is -1.24. The van der Waals surface area contributed by atoms with E-state index in [0.717, 1.165) is 25.7 Å². The van der Waals surface area contributed by atoms with Gasteiger partial charge in [-0.25, -0.2) is 0 Å². The van der Waals surface area contributed by atoms with Crippen molar-refractivity contribution in [3.05, 3.63) is 48.0 Å². The first kappa shape index (κ1) is 19.9. The Kier molecular flexibility index (Phi) is 5.86. The van der Waals surface area contributed by atoms with Crippen LogP contribution < -0.4 is 0 Å². The molecule has 2 aromatic carbocycles. The van der Waals surface area contributed by atoms with Gasteiger partial charge in [-0.1, -0.05) is 49.4 Å². The first-order chi connectivity index (χ1) is 14.0. The molecule has 5 nitrogen and oxygen atoms in total. The molecule has 0 saturated carbocycles. The Hall–Kier alpha value is -2.40. The Morgan fingerprint density at radius 1 is 0.897 bits per heavy atom. The maximum atomic E-state index is 12.9. The van der Waals surface area contributed by atoms with Crippen LogP contribution in [0.4, 0.5) is 0 Å². The standard InChI is InChI=1S/C24H30N2O3/c1-17(22(27)24(29)25-12-4-5-13-25)23(28)26-14-10-19(11-15-26)21-9-8-18-6-2-3-7-20(18)16-21/h2-3,6-9,16-17,19,22,27H,4-5,10-15H2,1H3/t17-,22-/m1/s1. The van der Waals surface area contributed by atoms with E-state index in [1.165, 1.54) is 16.3 Å². The van der Waals surface area contributed by atoms with Crippen LogP contribution in [-0.4, -0.2) is 59.0 Å². The highest BCUT2D eigenvalue weighted by atomic mass is 16.3. The zero-order valence-corrected chi connectivity index (χ0v) is 17.1. The maximum absolute atomic E-state index is 12.9. The number of fused-ring (bicyclic) bond motifs is 1. The highest BCUT2D eigenvalue weighted by Crippen LogP contribution is 2.31. The summed E-state index contributed by atoms with van der Waals surface area (Å²) in [4.78, 5) is 28.8. The van der Waals surface area contributed by atoms with Crippen LogP contribution in [0, 0.1) is 5.92 Å². The molecule has 2 atom stereocenters. The molecular weight excluding hydrogens is 364 g/mol. The number of aliphatic hydroxyl groups is 1. The number of aliphatic hydroxyl groups excluding tert-OH is 1. The van der Waals surface area contributed by atoms with Gasteiger partial charge >= 0.3 is 0 Å². The second-order valence-electron chi connectivity index (χ2n) is 8.47. The summed E-state index contributed by atoms with van der Waals surface area (Å²) >= 11 is 0. The molecule has 154 valence electrons. The molecule has 4 rings (SSSR count). The highest BCUT2D eigenvalue weighted by molar-refractivity contribution is 5.89. The molecule has 2 amide bonds. The molecule has 2 aliphatic heterocycles. The normalized spacial score (nSPS) is 20.1. The van der Waals surface area contributed by atoms with E-state index in [9.17, 15) is 14.7 Å². The fraction of sp³-hybridized carbons (Fsp3) is 0.500. The Balaban J connectivity index is 1.35. The van der Waals surface area contributed by atoms with E-state index in [4.69, 9.17) is 0 Å². The van der Waals surface area contributed by atoms with E-state index >= 15 is 0 Å². The monoisotopic (exact) mass is 394 g/mol. The second-order valence-corrected chi connectivity index (χ2v) is 8.47. The molecule has 2 saturated heterocycles. The summed E-state index contributed by atoms with van der Waals surface area (Å²) in [5.74, 6) is -0.660. The molecule has 0 unspecified atom stereocenters. The minimum Gasteiger partial charge on any atom is -0.382 e. The zero-order chi connectivity index (χ0) is 20.4. The van der Waals surface area contributed by atoms with Gasteiger partial charge in [-0.2, -0.15) is 0 Å². The van der Waals surface area contributed by atoms with Crippen molar-refractivity contribution in [2.75, 3.05) is 26.2 Å². The van der Waals surface area contributed by atoms with E-state index in [0.29, 0.717) is 32.1 Å². The Bertz CT molecular complexity index is 883. The molecule has 0 aromatic heterocycles. The summed E-state index contributed by atoms with van der Waals surface area (Å²) < 4.78 is 0. The summed E-state index contributed by atoms with van der Waals surface area (Å²) in [5.41, 5.74) is 1.33. The number of carbonyl (C=O) groups excluding carboxylic acids is 2. The molecular formula is C24H30N2O3. The van der Waals surface area contributed by atoms with Gasteiger partial charge in [-0.05, 0) is 47.9 Å². The van der Waals surface area contributed by atoms with Crippen molar-refractivity contribution >= 4 is 22.6 Å². The largest absolute Gasteiger partial charge is 0.382 e. The van der Waals surface area contributed by atoms with Gasteiger partial charge in [0.25, 0.3) is 5.91 Å². The van der Waals surface area contributed by atoms with E-state index in [-0.39, 0.29) is 11.8 Å². The number of piperidine rings is 1. The van der Waals surface area contributed by atoms with Crippen LogP contribution in [0.25, 0.3) is 10.8 Å². The van der Waals surface area contributed by atoms with Gasteiger partial charge in [0, 0.05) is 26.2 Å². The van der Waals surface area contributed by atoms with Crippen LogP contribution in [-0.2, 0) is 9.59 Å².